The number of fused-ring (bicyclic) bond motifs is 1. The van der Waals surface area contributed by atoms with Crippen molar-refractivity contribution in [2.24, 2.45) is 0 Å². The van der Waals surface area contributed by atoms with Gasteiger partial charge in [0.2, 0.25) is 5.91 Å². The third-order valence-corrected chi connectivity index (χ3v) is 5.12. The SMILES string of the molecule is O=C1CCN(c2ccccc2C(=O)N2CCCc3ccccc3C2)C(=O)N1. The summed E-state index contributed by atoms with van der Waals surface area (Å²) in [5.41, 5.74) is 3.49. The number of nitrogens with one attached hydrogen (secondary N) is 1. The Bertz CT molecular complexity index is 909. The van der Waals surface area contributed by atoms with Crippen molar-refractivity contribution in [3.05, 3.63) is 65.2 Å². The van der Waals surface area contributed by atoms with Crippen molar-refractivity contribution in [3.8, 4) is 0 Å². The number of rotatable bonds is 2. The molecule has 0 aromatic heterocycles. The number of anilines is 1. The summed E-state index contributed by atoms with van der Waals surface area (Å²) < 4.78 is 0. The van der Waals surface area contributed by atoms with Gasteiger partial charge in [-0.05, 0) is 36.1 Å². The Hall–Kier alpha value is -3.15. The lowest BCUT2D eigenvalue weighted by Gasteiger charge is -2.29. The Balaban J connectivity index is 1.63. The summed E-state index contributed by atoms with van der Waals surface area (Å²) >= 11 is 0. The molecule has 2 aromatic carbocycles. The van der Waals surface area contributed by atoms with E-state index in [2.05, 4.69) is 17.4 Å². The molecule has 0 unspecified atom stereocenters. The highest BCUT2D eigenvalue weighted by Crippen LogP contribution is 2.26. The van der Waals surface area contributed by atoms with Crippen LogP contribution in [-0.4, -0.2) is 35.8 Å². The maximum Gasteiger partial charge on any atom is 0.328 e. The molecule has 2 aromatic rings. The third-order valence-electron chi connectivity index (χ3n) is 5.12. The van der Waals surface area contributed by atoms with Gasteiger partial charge in [-0.3, -0.25) is 19.8 Å². The minimum Gasteiger partial charge on any atom is -0.334 e. The van der Waals surface area contributed by atoms with Gasteiger partial charge < -0.3 is 4.90 Å². The van der Waals surface area contributed by atoms with Crippen LogP contribution in [0.3, 0.4) is 0 Å². The predicted molar refractivity (Wildman–Crippen MR) is 101 cm³/mol. The van der Waals surface area contributed by atoms with Crippen LogP contribution in [0, 0.1) is 0 Å². The minimum absolute atomic E-state index is 0.0907. The van der Waals surface area contributed by atoms with E-state index < -0.39 is 6.03 Å². The maximum atomic E-state index is 13.3. The van der Waals surface area contributed by atoms with Crippen LogP contribution in [0.2, 0.25) is 0 Å². The molecular formula is C21H21N3O3. The summed E-state index contributed by atoms with van der Waals surface area (Å²) in [7, 11) is 0. The van der Waals surface area contributed by atoms with E-state index in [4.69, 9.17) is 0 Å². The molecule has 0 saturated carbocycles. The normalized spacial score (nSPS) is 17.2. The van der Waals surface area contributed by atoms with Gasteiger partial charge >= 0.3 is 6.03 Å². The maximum absolute atomic E-state index is 13.3. The fourth-order valence-corrected chi connectivity index (χ4v) is 3.73. The van der Waals surface area contributed by atoms with Crippen molar-refractivity contribution in [1.29, 1.82) is 0 Å². The molecule has 0 radical (unpaired) electrons. The van der Waals surface area contributed by atoms with Crippen molar-refractivity contribution in [1.82, 2.24) is 10.2 Å². The van der Waals surface area contributed by atoms with Crippen molar-refractivity contribution in [2.45, 2.75) is 25.8 Å². The van der Waals surface area contributed by atoms with E-state index in [1.165, 1.54) is 16.0 Å². The lowest BCUT2D eigenvalue weighted by atomic mass is 10.0. The molecule has 1 fully saturated rings. The third kappa shape index (κ3) is 3.43. The summed E-state index contributed by atoms with van der Waals surface area (Å²) in [6.45, 7) is 1.51. The van der Waals surface area contributed by atoms with Crippen molar-refractivity contribution >= 4 is 23.5 Å². The van der Waals surface area contributed by atoms with Crippen molar-refractivity contribution in [3.63, 3.8) is 0 Å². The van der Waals surface area contributed by atoms with Gasteiger partial charge in [0.1, 0.15) is 0 Å². The van der Waals surface area contributed by atoms with Gasteiger partial charge in [0, 0.05) is 26.1 Å². The van der Waals surface area contributed by atoms with Gasteiger partial charge in [0.15, 0.2) is 0 Å². The van der Waals surface area contributed by atoms with E-state index in [0.717, 1.165) is 12.8 Å². The largest absolute Gasteiger partial charge is 0.334 e. The van der Waals surface area contributed by atoms with Gasteiger partial charge in [-0.25, -0.2) is 4.79 Å². The van der Waals surface area contributed by atoms with Gasteiger partial charge in [-0.2, -0.15) is 0 Å². The fourth-order valence-electron chi connectivity index (χ4n) is 3.73. The highest BCUT2D eigenvalue weighted by atomic mass is 16.2. The second-order valence-electron chi connectivity index (χ2n) is 6.87. The topological polar surface area (TPSA) is 69.7 Å². The van der Waals surface area contributed by atoms with Crippen LogP contribution >= 0.6 is 0 Å². The average Bonchev–Trinajstić information content (AvgIpc) is 2.90. The summed E-state index contributed by atoms with van der Waals surface area (Å²) in [5, 5.41) is 2.32. The van der Waals surface area contributed by atoms with E-state index in [-0.39, 0.29) is 24.8 Å². The lowest BCUT2D eigenvalue weighted by Crippen LogP contribution is -2.50. The Labute approximate surface area is 157 Å². The van der Waals surface area contributed by atoms with E-state index in [1.807, 2.05) is 17.0 Å². The first kappa shape index (κ1) is 17.3. The average molecular weight is 363 g/mol. The van der Waals surface area contributed by atoms with Crippen LogP contribution in [0.1, 0.15) is 34.3 Å². The van der Waals surface area contributed by atoms with E-state index >= 15 is 0 Å². The summed E-state index contributed by atoms with van der Waals surface area (Å²) in [5.74, 6) is -0.379. The molecule has 6 nitrogen and oxygen atoms in total. The van der Waals surface area contributed by atoms with Crippen molar-refractivity contribution < 1.29 is 14.4 Å². The number of benzene rings is 2. The number of nitrogens with zero attached hydrogens (tertiary/aromatic N) is 2. The molecule has 0 atom stereocenters. The Morgan fingerprint density at radius 1 is 0.889 bits per heavy atom. The van der Waals surface area contributed by atoms with E-state index in [1.54, 1.807) is 24.3 Å². The van der Waals surface area contributed by atoms with Gasteiger partial charge in [0.25, 0.3) is 5.91 Å². The molecule has 27 heavy (non-hydrogen) atoms. The van der Waals surface area contributed by atoms with Gasteiger partial charge in [-0.15, -0.1) is 0 Å². The van der Waals surface area contributed by atoms with E-state index in [0.29, 0.717) is 24.3 Å². The molecule has 0 aliphatic carbocycles. The predicted octanol–water partition coefficient (Wildman–Crippen LogP) is 2.72. The Kier molecular flexibility index (Phi) is 4.62. The molecule has 1 saturated heterocycles. The lowest BCUT2D eigenvalue weighted by molar-refractivity contribution is -0.120. The van der Waals surface area contributed by atoms with Gasteiger partial charge in [-0.1, -0.05) is 36.4 Å². The van der Waals surface area contributed by atoms with Crippen LogP contribution in [0.15, 0.2) is 48.5 Å². The zero-order valence-electron chi connectivity index (χ0n) is 15.0. The molecule has 6 heteroatoms. The molecule has 1 N–H and O–H groups in total. The fraction of sp³-hybridized carbons (Fsp3) is 0.286. The molecule has 138 valence electrons. The zero-order chi connectivity index (χ0) is 18.8. The first-order chi connectivity index (χ1) is 13.1. The molecule has 0 bridgehead atoms. The molecule has 2 aliphatic rings. The molecule has 0 spiro atoms. The number of carbonyl (C=O) groups excluding carboxylic acids is 3. The molecule has 4 rings (SSSR count). The quantitative estimate of drug-likeness (QED) is 0.892. The molecule has 2 heterocycles. The number of para-hydroxylation sites is 1. The van der Waals surface area contributed by atoms with Crippen molar-refractivity contribution in [2.75, 3.05) is 18.0 Å². The Morgan fingerprint density at radius 2 is 1.63 bits per heavy atom. The van der Waals surface area contributed by atoms with Gasteiger partial charge in [0.05, 0.1) is 11.3 Å². The van der Waals surface area contributed by atoms with Crippen LogP contribution in [-0.2, 0) is 17.8 Å². The second-order valence-corrected chi connectivity index (χ2v) is 6.87. The molecule has 2 aliphatic heterocycles. The minimum atomic E-state index is -0.479. The number of carbonyl (C=O) groups is 3. The van der Waals surface area contributed by atoms with E-state index in [9.17, 15) is 14.4 Å². The number of urea groups is 1. The van der Waals surface area contributed by atoms with Crippen LogP contribution < -0.4 is 10.2 Å². The molecular weight excluding hydrogens is 342 g/mol. The Morgan fingerprint density at radius 3 is 2.44 bits per heavy atom. The first-order valence-electron chi connectivity index (χ1n) is 9.20. The number of amides is 4. The van der Waals surface area contributed by atoms with Crippen LogP contribution in [0.25, 0.3) is 0 Å². The zero-order valence-corrected chi connectivity index (χ0v) is 15.0. The number of hydrogen-bond donors (Lipinski definition) is 1. The monoisotopic (exact) mass is 363 g/mol. The highest BCUT2D eigenvalue weighted by Gasteiger charge is 2.29. The highest BCUT2D eigenvalue weighted by molar-refractivity contribution is 6.09. The van der Waals surface area contributed by atoms with Crippen LogP contribution in [0.5, 0.6) is 0 Å². The summed E-state index contributed by atoms with van der Waals surface area (Å²) in [4.78, 5) is 40.3. The number of aryl methyl sites for hydroxylation is 1. The standard InChI is InChI=1S/C21H21N3O3/c25-19-11-13-24(21(27)22-19)18-10-4-3-9-17(18)20(26)23-12-5-8-15-6-1-2-7-16(15)14-23/h1-4,6-7,9-10H,5,8,11-14H2,(H,22,25,27). The summed E-state index contributed by atoms with van der Waals surface area (Å²) in [6, 6.07) is 14.8. The smallest absolute Gasteiger partial charge is 0.328 e. The second kappa shape index (κ2) is 7.23. The first-order valence-corrected chi connectivity index (χ1v) is 9.20. The van der Waals surface area contributed by atoms with Crippen LogP contribution in [0.4, 0.5) is 10.5 Å². The summed E-state index contributed by atoms with van der Waals surface area (Å²) in [6.07, 6.45) is 2.09. The molecule has 4 amide bonds. The number of imide groups is 1. The number of hydrogen-bond acceptors (Lipinski definition) is 3.